The van der Waals surface area contributed by atoms with E-state index in [1.54, 1.807) is 0 Å². The van der Waals surface area contributed by atoms with Crippen molar-refractivity contribution in [3.05, 3.63) is 12.7 Å². The Morgan fingerprint density at radius 1 is 1.20 bits per heavy atom. The molecule has 0 spiro atoms. The van der Waals surface area contributed by atoms with E-state index in [9.17, 15) is 0 Å². The van der Waals surface area contributed by atoms with Gasteiger partial charge >= 0.3 is 0 Å². The third-order valence-corrected chi connectivity index (χ3v) is 1.46. The lowest BCUT2D eigenvalue weighted by Gasteiger charge is -2.14. The Kier molecular flexibility index (Phi) is 8.51. The molecular formula is C10H22. The van der Waals surface area contributed by atoms with Crippen LogP contribution in [-0.2, 0) is 0 Å². The molecule has 0 aromatic carbocycles. The second kappa shape index (κ2) is 6.85. The van der Waals surface area contributed by atoms with Gasteiger partial charge in [-0.05, 0) is 11.8 Å². The molecule has 0 heterocycles. The molecule has 0 aliphatic heterocycles. The van der Waals surface area contributed by atoms with E-state index in [-0.39, 0.29) is 0 Å². The molecule has 62 valence electrons. The average Bonchev–Trinajstić information content (AvgIpc) is 1.90. The number of rotatable bonds is 2. The summed E-state index contributed by atoms with van der Waals surface area (Å²) in [6.45, 7) is 14.5. The lowest BCUT2D eigenvalue weighted by Crippen LogP contribution is -2.02. The Morgan fingerprint density at radius 3 is 1.50 bits per heavy atom. The standard InChI is InChI=1S/C7H14.C3H8/c1-5-7(3,4)6-2;1-3-2/h5H,1,6H2,2-4H3;3H2,1-2H3. The molecule has 0 unspecified atom stereocenters. The molecule has 0 heteroatoms. The van der Waals surface area contributed by atoms with Crippen LogP contribution in [0.3, 0.4) is 0 Å². The van der Waals surface area contributed by atoms with Crippen molar-refractivity contribution in [3.8, 4) is 0 Å². The van der Waals surface area contributed by atoms with Gasteiger partial charge in [-0.15, -0.1) is 6.58 Å². The lowest BCUT2D eigenvalue weighted by atomic mass is 9.91. The van der Waals surface area contributed by atoms with Crippen LogP contribution in [0.2, 0.25) is 0 Å². The first-order valence-electron chi connectivity index (χ1n) is 4.17. The third kappa shape index (κ3) is 10.7. The number of allylic oxidation sites excluding steroid dienone is 1. The van der Waals surface area contributed by atoms with Gasteiger partial charge in [-0.25, -0.2) is 0 Å². The molecule has 0 aromatic heterocycles. The van der Waals surface area contributed by atoms with E-state index in [4.69, 9.17) is 0 Å². The van der Waals surface area contributed by atoms with Crippen LogP contribution < -0.4 is 0 Å². The summed E-state index contributed by atoms with van der Waals surface area (Å²) in [4.78, 5) is 0. The molecule has 0 amide bonds. The van der Waals surface area contributed by atoms with Gasteiger partial charge in [0.25, 0.3) is 0 Å². The highest BCUT2D eigenvalue weighted by Crippen LogP contribution is 2.19. The highest BCUT2D eigenvalue weighted by atomic mass is 14.1. The summed E-state index contributed by atoms with van der Waals surface area (Å²) in [5, 5.41) is 0. The number of hydrogen-bond acceptors (Lipinski definition) is 0. The van der Waals surface area contributed by atoms with Crippen molar-refractivity contribution in [2.24, 2.45) is 5.41 Å². The van der Waals surface area contributed by atoms with Gasteiger partial charge in [0.05, 0.1) is 0 Å². The van der Waals surface area contributed by atoms with Crippen LogP contribution in [0.15, 0.2) is 12.7 Å². The minimum Gasteiger partial charge on any atom is -0.103 e. The molecule has 10 heavy (non-hydrogen) atoms. The zero-order valence-corrected chi connectivity index (χ0v) is 8.20. The van der Waals surface area contributed by atoms with Crippen LogP contribution in [0, 0.1) is 5.41 Å². The van der Waals surface area contributed by atoms with Crippen molar-refractivity contribution in [1.29, 1.82) is 0 Å². The van der Waals surface area contributed by atoms with Gasteiger partial charge in [0.2, 0.25) is 0 Å². The van der Waals surface area contributed by atoms with E-state index in [1.807, 2.05) is 6.08 Å². The Labute approximate surface area is 66.3 Å². The molecule has 0 bridgehead atoms. The summed E-state index contributed by atoms with van der Waals surface area (Å²) < 4.78 is 0. The van der Waals surface area contributed by atoms with Crippen LogP contribution in [0.25, 0.3) is 0 Å². The predicted octanol–water partition coefficient (Wildman–Crippen LogP) is 4.02. The Morgan fingerprint density at radius 2 is 1.50 bits per heavy atom. The third-order valence-electron chi connectivity index (χ3n) is 1.46. The maximum absolute atomic E-state index is 3.70. The van der Waals surface area contributed by atoms with Crippen molar-refractivity contribution >= 4 is 0 Å². The summed E-state index contributed by atoms with van der Waals surface area (Å²) >= 11 is 0. The Hall–Kier alpha value is -0.260. The molecular weight excluding hydrogens is 120 g/mol. The molecule has 0 radical (unpaired) electrons. The topological polar surface area (TPSA) is 0 Å². The maximum Gasteiger partial charge on any atom is -0.0180 e. The molecule has 0 N–H and O–H groups in total. The first-order chi connectivity index (χ1) is 4.54. The summed E-state index contributed by atoms with van der Waals surface area (Å²) in [6, 6.07) is 0. The van der Waals surface area contributed by atoms with E-state index >= 15 is 0 Å². The van der Waals surface area contributed by atoms with E-state index in [2.05, 4.69) is 41.2 Å². The van der Waals surface area contributed by atoms with Crippen molar-refractivity contribution in [1.82, 2.24) is 0 Å². The minimum absolute atomic E-state index is 0.347. The zero-order chi connectivity index (χ0) is 8.62. The quantitative estimate of drug-likeness (QED) is 0.511. The van der Waals surface area contributed by atoms with E-state index in [0.29, 0.717) is 5.41 Å². The van der Waals surface area contributed by atoms with E-state index in [0.717, 1.165) is 0 Å². The molecule has 0 fully saturated rings. The van der Waals surface area contributed by atoms with Crippen LogP contribution in [-0.4, -0.2) is 0 Å². The minimum atomic E-state index is 0.347. The molecule has 0 atom stereocenters. The summed E-state index contributed by atoms with van der Waals surface area (Å²) in [7, 11) is 0. The maximum atomic E-state index is 3.70. The van der Waals surface area contributed by atoms with Crippen LogP contribution >= 0.6 is 0 Å². The summed E-state index contributed by atoms with van der Waals surface area (Å²) in [5.74, 6) is 0. The monoisotopic (exact) mass is 142 g/mol. The fourth-order valence-corrected chi connectivity index (χ4v) is 0.144. The van der Waals surface area contributed by atoms with Gasteiger partial charge in [0, 0.05) is 0 Å². The largest absolute Gasteiger partial charge is 0.103 e. The second-order valence-electron chi connectivity index (χ2n) is 3.25. The SMILES string of the molecule is C=CC(C)(C)CC.CCC. The van der Waals surface area contributed by atoms with Crippen molar-refractivity contribution in [2.75, 3.05) is 0 Å². The van der Waals surface area contributed by atoms with Gasteiger partial charge in [-0.1, -0.05) is 47.1 Å². The summed E-state index contributed by atoms with van der Waals surface area (Å²) in [5.41, 5.74) is 0.347. The number of hydrogen-bond donors (Lipinski definition) is 0. The van der Waals surface area contributed by atoms with Gasteiger partial charge in [-0.2, -0.15) is 0 Å². The molecule has 0 nitrogen and oxygen atoms in total. The van der Waals surface area contributed by atoms with Gasteiger partial charge in [0.1, 0.15) is 0 Å². The average molecular weight is 142 g/mol. The zero-order valence-electron chi connectivity index (χ0n) is 8.20. The van der Waals surface area contributed by atoms with Crippen LogP contribution in [0.1, 0.15) is 47.5 Å². The normalized spacial score (nSPS) is 9.70. The summed E-state index contributed by atoms with van der Waals surface area (Å²) in [6.07, 6.45) is 4.42. The van der Waals surface area contributed by atoms with Crippen LogP contribution in [0.5, 0.6) is 0 Å². The smallest absolute Gasteiger partial charge is 0.0180 e. The Bertz CT molecular complexity index is 70.1. The molecule has 0 aromatic rings. The molecule has 0 aliphatic carbocycles. The van der Waals surface area contributed by atoms with E-state index in [1.165, 1.54) is 12.8 Å². The van der Waals surface area contributed by atoms with Crippen molar-refractivity contribution in [2.45, 2.75) is 47.5 Å². The fraction of sp³-hybridized carbons (Fsp3) is 0.800. The first-order valence-corrected chi connectivity index (χ1v) is 4.17. The molecule has 0 saturated heterocycles. The Balaban J connectivity index is 0. The second-order valence-corrected chi connectivity index (χ2v) is 3.25. The fourth-order valence-electron chi connectivity index (χ4n) is 0.144. The van der Waals surface area contributed by atoms with Crippen molar-refractivity contribution < 1.29 is 0 Å². The predicted molar refractivity (Wildman–Crippen MR) is 50.2 cm³/mol. The highest BCUT2D eigenvalue weighted by molar-refractivity contribution is 4.85. The highest BCUT2D eigenvalue weighted by Gasteiger charge is 2.06. The van der Waals surface area contributed by atoms with Gasteiger partial charge in [0.15, 0.2) is 0 Å². The molecule has 0 saturated carbocycles. The van der Waals surface area contributed by atoms with Gasteiger partial charge in [-0.3, -0.25) is 0 Å². The van der Waals surface area contributed by atoms with Gasteiger partial charge < -0.3 is 0 Å². The molecule has 0 aliphatic rings. The van der Waals surface area contributed by atoms with Crippen molar-refractivity contribution in [3.63, 3.8) is 0 Å². The molecule has 0 rings (SSSR count). The first kappa shape index (κ1) is 12.4. The van der Waals surface area contributed by atoms with E-state index < -0.39 is 0 Å². The lowest BCUT2D eigenvalue weighted by molar-refractivity contribution is 0.463. The van der Waals surface area contributed by atoms with Crippen LogP contribution in [0.4, 0.5) is 0 Å².